The van der Waals surface area contributed by atoms with Crippen LogP contribution >= 0.6 is 0 Å². The Morgan fingerprint density at radius 3 is 2.50 bits per heavy atom. The molecule has 1 aliphatic heterocycles. The third kappa shape index (κ3) is 3.99. The van der Waals surface area contributed by atoms with Crippen LogP contribution in [0.3, 0.4) is 0 Å². The van der Waals surface area contributed by atoms with Crippen molar-refractivity contribution in [2.24, 2.45) is 0 Å². The van der Waals surface area contributed by atoms with Gasteiger partial charge < -0.3 is 14.8 Å². The van der Waals surface area contributed by atoms with E-state index in [9.17, 15) is 18.0 Å². The Labute approximate surface area is 161 Å². The fourth-order valence-electron chi connectivity index (χ4n) is 3.50. The van der Waals surface area contributed by atoms with E-state index in [0.717, 1.165) is 17.7 Å². The maximum Gasteiger partial charge on any atom is 0.416 e. The van der Waals surface area contributed by atoms with Gasteiger partial charge in [0.2, 0.25) is 5.91 Å². The van der Waals surface area contributed by atoms with Crippen LogP contribution in [0.1, 0.15) is 29.5 Å². The lowest BCUT2D eigenvalue weighted by Gasteiger charge is -2.36. The predicted octanol–water partition coefficient (Wildman–Crippen LogP) is 4.71. The van der Waals surface area contributed by atoms with Gasteiger partial charge in [-0.2, -0.15) is 13.2 Å². The Bertz CT molecular complexity index is 858. The summed E-state index contributed by atoms with van der Waals surface area (Å²) >= 11 is 0. The third-order valence-corrected chi connectivity index (χ3v) is 5.13. The molecule has 1 heterocycles. The second-order valence-electron chi connectivity index (χ2n) is 6.93. The minimum Gasteiger partial charge on any atom is -0.495 e. The number of anilines is 1. The van der Waals surface area contributed by atoms with E-state index in [-0.39, 0.29) is 5.91 Å². The summed E-state index contributed by atoms with van der Waals surface area (Å²) in [5.41, 5.74) is -0.0784. The lowest BCUT2D eigenvalue weighted by molar-refractivity contribution is -0.138. The zero-order chi connectivity index (χ0) is 20.4. The molecule has 1 amide bonds. The molecule has 28 heavy (non-hydrogen) atoms. The number of hydrogen-bond donors (Lipinski definition) is 1. The molecular weight excluding hydrogens is 371 g/mol. The zero-order valence-corrected chi connectivity index (χ0v) is 15.7. The fourth-order valence-corrected chi connectivity index (χ4v) is 3.50. The topological polar surface area (TPSA) is 47.6 Å². The van der Waals surface area contributed by atoms with Crippen LogP contribution in [-0.4, -0.2) is 26.2 Å². The SMILES string of the molecule is COc1cc(C)ccc1NC(=O)C1(c2cccc(C(F)(F)F)c2)CCOCC1. The number of carbonyl (C=O) groups excluding carboxylic acids is 1. The van der Waals surface area contributed by atoms with Gasteiger partial charge in [0, 0.05) is 13.2 Å². The van der Waals surface area contributed by atoms with Crippen molar-refractivity contribution in [3.8, 4) is 5.75 Å². The minimum absolute atomic E-state index is 0.300. The van der Waals surface area contributed by atoms with Gasteiger partial charge in [-0.25, -0.2) is 0 Å². The maximum atomic E-state index is 13.3. The van der Waals surface area contributed by atoms with Crippen LogP contribution in [0.15, 0.2) is 42.5 Å². The summed E-state index contributed by atoms with van der Waals surface area (Å²) in [5.74, 6) is 0.136. The number of hydrogen-bond acceptors (Lipinski definition) is 3. The first-order valence-corrected chi connectivity index (χ1v) is 8.98. The summed E-state index contributed by atoms with van der Waals surface area (Å²) < 4.78 is 50.3. The van der Waals surface area contributed by atoms with Gasteiger partial charge >= 0.3 is 6.18 Å². The molecule has 1 aliphatic rings. The minimum atomic E-state index is -4.47. The van der Waals surface area contributed by atoms with Gasteiger partial charge in [0.05, 0.1) is 23.8 Å². The fraction of sp³-hybridized carbons (Fsp3) is 0.381. The summed E-state index contributed by atoms with van der Waals surface area (Å²) in [6, 6.07) is 10.3. The van der Waals surface area contributed by atoms with Crippen LogP contribution < -0.4 is 10.1 Å². The Balaban J connectivity index is 1.99. The molecule has 0 saturated carbocycles. The molecule has 1 N–H and O–H groups in total. The second kappa shape index (κ2) is 7.83. The Hall–Kier alpha value is -2.54. The van der Waals surface area contributed by atoms with Crippen LogP contribution in [0.2, 0.25) is 0 Å². The molecule has 4 nitrogen and oxygen atoms in total. The van der Waals surface area contributed by atoms with Crippen molar-refractivity contribution in [2.45, 2.75) is 31.4 Å². The van der Waals surface area contributed by atoms with E-state index >= 15 is 0 Å². The number of halogens is 3. The average molecular weight is 393 g/mol. The van der Waals surface area contributed by atoms with Gasteiger partial charge in [0.15, 0.2) is 0 Å². The second-order valence-corrected chi connectivity index (χ2v) is 6.93. The molecule has 7 heteroatoms. The molecule has 150 valence electrons. The number of rotatable bonds is 4. The highest BCUT2D eigenvalue weighted by molar-refractivity contribution is 6.00. The first-order valence-electron chi connectivity index (χ1n) is 8.98. The van der Waals surface area contributed by atoms with E-state index in [2.05, 4.69) is 5.32 Å². The van der Waals surface area contributed by atoms with E-state index in [4.69, 9.17) is 9.47 Å². The van der Waals surface area contributed by atoms with Gasteiger partial charge in [0.1, 0.15) is 5.75 Å². The van der Waals surface area contributed by atoms with E-state index < -0.39 is 17.2 Å². The molecule has 1 fully saturated rings. The summed E-state index contributed by atoms with van der Waals surface area (Å²) in [6.07, 6.45) is -3.87. The molecule has 2 aromatic rings. The summed E-state index contributed by atoms with van der Waals surface area (Å²) in [7, 11) is 1.50. The van der Waals surface area contributed by atoms with Gasteiger partial charge in [-0.1, -0.05) is 24.3 Å². The molecule has 3 rings (SSSR count). The van der Waals surface area contributed by atoms with Crippen molar-refractivity contribution in [1.29, 1.82) is 0 Å². The molecule has 2 aromatic carbocycles. The first kappa shape index (κ1) is 20.2. The van der Waals surface area contributed by atoms with Crippen molar-refractivity contribution in [3.63, 3.8) is 0 Å². The molecule has 0 bridgehead atoms. The highest BCUT2D eigenvalue weighted by atomic mass is 19.4. The molecule has 0 atom stereocenters. The molecule has 0 radical (unpaired) electrons. The van der Waals surface area contributed by atoms with E-state index in [1.807, 2.05) is 13.0 Å². The number of amides is 1. The van der Waals surface area contributed by atoms with Gasteiger partial charge in [0.25, 0.3) is 0 Å². The van der Waals surface area contributed by atoms with Crippen LogP contribution in [0.4, 0.5) is 18.9 Å². The number of methoxy groups -OCH3 is 1. The number of nitrogens with one attached hydrogen (secondary N) is 1. The van der Waals surface area contributed by atoms with Crippen molar-refractivity contribution in [1.82, 2.24) is 0 Å². The molecule has 1 saturated heterocycles. The zero-order valence-electron chi connectivity index (χ0n) is 15.7. The number of alkyl halides is 3. The summed E-state index contributed by atoms with van der Waals surface area (Å²) in [6.45, 7) is 2.50. The lowest BCUT2D eigenvalue weighted by atomic mass is 9.73. The van der Waals surface area contributed by atoms with Crippen molar-refractivity contribution < 1.29 is 27.4 Å². The largest absolute Gasteiger partial charge is 0.495 e. The average Bonchev–Trinajstić information content (AvgIpc) is 2.69. The summed E-state index contributed by atoms with van der Waals surface area (Å²) in [5, 5.41) is 2.86. The maximum absolute atomic E-state index is 13.3. The molecular formula is C21H22F3NO3. The molecule has 0 aliphatic carbocycles. The number of benzene rings is 2. The van der Waals surface area contributed by atoms with Gasteiger partial charge in [-0.3, -0.25) is 4.79 Å². The molecule has 0 spiro atoms. The Morgan fingerprint density at radius 1 is 1.14 bits per heavy atom. The van der Waals surface area contributed by atoms with Crippen molar-refractivity contribution >= 4 is 11.6 Å². The van der Waals surface area contributed by atoms with E-state index in [0.29, 0.717) is 43.1 Å². The monoisotopic (exact) mass is 393 g/mol. The van der Waals surface area contributed by atoms with Gasteiger partial charge in [-0.15, -0.1) is 0 Å². The number of carbonyl (C=O) groups is 1. The quantitative estimate of drug-likeness (QED) is 0.819. The lowest BCUT2D eigenvalue weighted by Crippen LogP contribution is -2.45. The molecule has 0 unspecified atom stereocenters. The van der Waals surface area contributed by atoms with Crippen LogP contribution in [0.25, 0.3) is 0 Å². The smallest absolute Gasteiger partial charge is 0.416 e. The van der Waals surface area contributed by atoms with Crippen LogP contribution in [0, 0.1) is 6.92 Å². The predicted molar refractivity (Wildman–Crippen MR) is 99.5 cm³/mol. The van der Waals surface area contributed by atoms with Crippen molar-refractivity contribution in [3.05, 3.63) is 59.2 Å². The van der Waals surface area contributed by atoms with Crippen LogP contribution in [0.5, 0.6) is 5.75 Å². The Morgan fingerprint density at radius 2 is 1.86 bits per heavy atom. The number of ether oxygens (including phenoxy) is 2. The van der Waals surface area contributed by atoms with Gasteiger partial charge in [-0.05, 0) is 49.1 Å². The molecule has 0 aromatic heterocycles. The normalized spacial score (nSPS) is 16.5. The summed E-state index contributed by atoms with van der Waals surface area (Å²) in [4.78, 5) is 13.3. The highest BCUT2D eigenvalue weighted by Crippen LogP contribution is 2.39. The van der Waals surface area contributed by atoms with E-state index in [1.54, 1.807) is 18.2 Å². The highest BCUT2D eigenvalue weighted by Gasteiger charge is 2.43. The number of aryl methyl sites for hydroxylation is 1. The van der Waals surface area contributed by atoms with Crippen molar-refractivity contribution in [2.75, 3.05) is 25.6 Å². The standard InChI is InChI=1S/C21H22F3NO3/c1-14-6-7-17(18(12-14)27-2)25-19(26)20(8-10-28-11-9-20)15-4-3-5-16(13-15)21(22,23)24/h3-7,12-13H,8-11H2,1-2H3,(H,25,26). The first-order chi connectivity index (χ1) is 13.3. The van der Waals surface area contributed by atoms with E-state index in [1.165, 1.54) is 13.2 Å². The Kier molecular flexibility index (Phi) is 5.65. The van der Waals surface area contributed by atoms with Crippen LogP contribution in [-0.2, 0) is 21.1 Å². The third-order valence-electron chi connectivity index (χ3n) is 5.13.